The molecule has 35 heavy (non-hydrogen) atoms. The Hall–Kier alpha value is -3.82. The number of aromatic nitrogens is 2. The highest BCUT2D eigenvalue weighted by Crippen LogP contribution is 2.27. The van der Waals surface area contributed by atoms with Crippen molar-refractivity contribution in [1.29, 1.82) is 0 Å². The Bertz CT molecular complexity index is 1400. The van der Waals surface area contributed by atoms with Crippen LogP contribution in [0.2, 0.25) is 0 Å². The van der Waals surface area contributed by atoms with Gasteiger partial charge in [0.1, 0.15) is 6.04 Å². The van der Waals surface area contributed by atoms with Crippen molar-refractivity contribution in [3.63, 3.8) is 0 Å². The van der Waals surface area contributed by atoms with Gasteiger partial charge < -0.3 is 9.84 Å². The van der Waals surface area contributed by atoms with Gasteiger partial charge in [0.05, 0.1) is 4.90 Å². The number of carbonyl (C=O) groups is 1. The Kier molecular flexibility index (Phi) is 7.09. The zero-order valence-corrected chi connectivity index (χ0v) is 20.4. The fourth-order valence-corrected chi connectivity index (χ4v) is 4.89. The number of carbonyl (C=O) groups excluding carboxylic acids is 1. The molecule has 0 aliphatic heterocycles. The smallest absolute Gasteiger partial charge is 0.245 e. The zero-order valence-electron chi connectivity index (χ0n) is 19.6. The summed E-state index contributed by atoms with van der Waals surface area (Å²) in [7, 11) is -3.85. The van der Waals surface area contributed by atoms with E-state index in [0.29, 0.717) is 11.5 Å². The molecule has 0 bridgehead atoms. The summed E-state index contributed by atoms with van der Waals surface area (Å²) in [5.74, 6) is 0.337. The summed E-state index contributed by atoms with van der Waals surface area (Å²) < 4.78 is 34.4. The van der Waals surface area contributed by atoms with Gasteiger partial charge in [0.25, 0.3) is 0 Å². The molecule has 0 aliphatic rings. The van der Waals surface area contributed by atoms with E-state index in [4.69, 9.17) is 4.52 Å². The predicted molar refractivity (Wildman–Crippen MR) is 134 cm³/mol. The number of anilines is 1. The van der Waals surface area contributed by atoms with E-state index in [1.165, 1.54) is 6.92 Å². The van der Waals surface area contributed by atoms with Crippen molar-refractivity contribution in [2.24, 2.45) is 5.92 Å². The summed E-state index contributed by atoms with van der Waals surface area (Å²) >= 11 is 0. The number of hydrogen-bond donors (Lipinski definition) is 2. The van der Waals surface area contributed by atoms with Crippen LogP contribution < -0.4 is 10.0 Å². The van der Waals surface area contributed by atoms with Crippen LogP contribution in [-0.2, 0) is 14.8 Å². The summed E-state index contributed by atoms with van der Waals surface area (Å²) in [4.78, 5) is 15.7. The molecule has 4 rings (SSSR count). The Morgan fingerprint density at radius 3 is 2.03 bits per heavy atom. The van der Waals surface area contributed by atoms with Gasteiger partial charge >= 0.3 is 0 Å². The molecule has 1 heterocycles. The molecule has 0 fully saturated rings. The molecule has 9 heteroatoms. The number of benzene rings is 3. The third-order valence-corrected chi connectivity index (χ3v) is 6.85. The average molecular weight is 491 g/mol. The molecule has 3 aromatic carbocycles. The minimum Gasteiger partial charge on any atom is -0.337 e. The first-order valence-electron chi connectivity index (χ1n) is 11.1. The van der Waals surface area contributed by atoms with Crippen LogP contribution in [0.4, 0.5) is 5.69 Å². The second-order valence-electron chi connectivity index (χ2n) is 8.45. The first kappa shape index (κ1) is 24.3. The van der Waals surface area contributed by atoms with Crippen LogP contribution in [0.15, 0.2) is 88.3 Å². The molecule has 8 nitrogen and oxygen atoms in total. The summed E-state index contributed by atoms with van der Waals surface area (Å²) in [6.07, 6.45) is 0. The van der Waals surface area contributed by atoms with Crippen molar-refractivity contribution in [2.45, 2.75) is 31.7 Å². The largest absolute Gasteiger partial charge is 0.337 e. The maximum absolute atomic E-state index is 13.2. The Morgan fingerprint density at radius 1 is 0.857 bits per heavy atom. The molecule has 0 saturated heterocycles. The van der Waals surface area contributed by atoms with Crippen molar-refractivity contribution in [3.05, 3.63) is 84.8 Å². The van der Waals surface area contributed by atoms with Gasteiger partial charge in [-0.25, -0.2) is 8.42 Å². The van der Waals surface area contributed by atoms with Gasteiger partial charge in [0.2, 0.25) is 27.6 Å². The Morgan fingerprint density at radius 2 is 1.46 bits per heavy atom. The first-order valence-corrected chi connectivity index (χ1v) is 12.6. The number of nitrogens with one attached hydrogen (secondary N) is 2. The Balaban J connectivity index is 1.52. The molecule has 0 unspecified atom stereocenters. The van der Waals surface area contributed by atoms with E-state index >= 15 is 0 Å². The molecule has 0 spiro atoms. The van der Waals surface area contributed by atoms with E-state index in [1.54, 1.807) is 36.4 Å². The maximum atomic E-state index is 13.2. The SMILES string of the molecule is CC(=O)Nc1ccc(-c2ccc(S(=O)(=O)N[C@H](c3nc(-c4ccccc4)no3)C(C)C)cc2)cc1. The number of hydrogen-bond acceptors (Lipinski definition) is 6. The van der Waals surface area contributed by atoms with Gasteiger partial charge in [0, 0.05) is 18.2 Å². The van der Waals surface area contributed by atoms with Crippen LogP contribution in [0, 0.1) is 5.92 Å². The average Bonchev–Trinajstić information content (AvgIpc) is 3.33. The van der Waals surface area contributed by atoms with E-state index in [1.807, 2.05) is 56.3 Å². The predicted octanol–water partition coefficient (Wildman–Crippen LogP) is 5.04. The number of nitrogens with zero attached hydrogens (tertiary/aromatic N) is 2. The van der Waals surface area contributed by atoms with Crippen LogP contribution in [0.25, 0.3) is 22.5 Å². The van der Waals surface area contributed by atoms with E-state index in [0.717, 1.165) is 16.7 Å². The molecule has 1 aromatic heterocycles. The fourth-order valence-electron chi connectivity index (χ4n) is 3.55. The lowest BCUT2D eigenvalue weighted by molar-refractivity contribution is -0.114. The molecule has 1 atom stereocenters. The Labute approximate surface area is 204 Å². The normalized spacial score (nSPS) is 12.5. The molecule has 1 amide bonds. The van der Waals surface area contributed by atoms with Crippen molar-refractivity contribution >= 4 is 21.6 Å². The third-order valence-electron chi connectivity index (χ3n) is 5.39. The lowest BCUT2D eigenvalue weighted by Gasteiger charge is -2.18. The van der Waals surface area contributed by atoms with E-state index < -0.39 is 16.1 Å². The van der Waals surface area contributed by atoms with Crippen molar-refractivity contribution in [2.75, 3.05) is 5.32 Å². The van der Waals surface area contributed by atoms with Crippen molar-refractivity contribution in [3.8, 4) is 22.5 Å². The fraction of sp³-hybridized carbons (Fsp3) is 0.192. The molecule has 4 aromatic rings. The van der Waals surface area contributed by atoms with E-state index in [2.05, 4.69) is 20.2 Å². The number of rotatable bonds is 8. The van der Waals surface area contributed by atoms with Crippen LogP contribution in [0.1, 0.15) is 32.7 Å². The monoisotopic (exact) mass is 490 g/mol. The van der Waals surface area contributed by atoms with E-state index in [-0.39, 0.29) is 22.6 Å². The third kappa shape index (κ3) is 5.82. The topological polar surface area (TPSA) is 114 Å². The summed E-state index contributed by atoms with van der Waals surface area (Å²) in [6, 6.07) is 22.6. The molecule has 0 saturated carbocycles. The van der Waals surface area contributed by atoms with Crippen molar-refractivity contribution < 1.29 is 17.7 Å². The highest BCUT2D eigenvalue weighted by molar-refractivity contribution is 7.89. The van der Waals surface area contributed by atoms with Gasteiger partial charge in [-0.2, -0.15) is 9.71 Å². The lowest BCUT2D eigenvalue weighted by Crippen LogP contribution is -2.32. The van der Waals surface area contributed by atoms with Crippen LogP contribution >= 0.6 is 0 Å². The first-order chi connectivity index (χ1) is 16.7. The zero-order chi connectivity index (χ0) is 25.0. The lowest BCUT2D eigenvalue weighted by atomic mass is 10.1. The highest BCUT2D eigenvalue weighted by atomic mass is 32.2. The quantitative estimate of drug-likeness (QED) is 0.358. The van der Waals surface area contributed by atoms with E-state index in [9.17, 15) is 13.2 Å². The summed E-state index contributed by atoms with van der Waals surface area (Å²) in [5, 5.41) is 6.74. The summed E-state index contributed by atoms with van der Waals surface area (Å²) in [5.41, 5.74) is 3.23. The van der Waals surface area contributed by atoms with Gasteiger partial charge in [-0.05, 0) is 41.3 Å². The van der Waals surface area contributed by atoms with Crippen molar-refractivity contribution in [1.82, 2.24) is 14.9 Å². The summed E-state index contributed by atoms with van der Waals surface area (Å²) in [6.45, 7) is 5.21. The molecular formula is C26H26N4O4S. The molecular weight excluding hydrogens is 464 g/mol. The second kappa shape index (κ2) is 10.2. The van der Waals surface area contributed by atoms with Crippen LogP contribution in [-0.4, -0.2) is 24.5 Å². The van der Waals surface area contributed by atoms with Gasteiger partial charge in [0.15, 0.2) is 0 Å². The maximum Gasteiger partial charge on any atom is 0.245 e. The highest BCUT2D eigenvalue weighted by Gasteiger charge is 2.28. The molecule has 0 aliphatic carbocycles. The molecule has 180 valence electrons. The van der Waals surface area contributed by atoms with Crippen LogP contribution in [0.5, 0.6) is 0 Å². The van der Waals surface area contributed by atoms with Crippen LogP contribution in [0.3, 0.4) is 0 Å². The number of amides is 1. The minimum absolute atomic E-state index is 0.129. The number of sulfonamides is 1. The standard InChI is InChI=1S/C26H26N4O4S/c1-17(2)24(26-28-25(29-34-26)21-7-5-4-6-8-21)30-35(32,33)23-15-11-20(12-16-23)19-9-13-22(14-10-19)27-18(3)31/h4-17,24,30H,1-3H3,(H,27,31)/t24-/m0/s1. The second-order valence-corrected chi connectivity index (χ2v) is 10.2. The van der Waals surface area contributed by atoms with Gasteiger partial charge in [-0.1, -0.05) is 73.6 Å². The molecule has 2 N–H and O–H groups in total. The minimum atomic E-state index is -3.85. The van der Waals surface area contributed by atoms with Gasteiger partial charge in [-0.15, -0.1) is 0 Å². The van der Waals surface area contributed by atoms with Gasteiger partial charge in [-0.3, -0.25) is 4.79 Å². The molecule has 0 radical (unpaired) electrons.